The van der Waals surface area contributed by atoms with Gasteiger partial charge >= 0.3 is 0 Å². The third-order valence-electron chi connectivity index (χ3n) is 3.19. The van der Waals surface area contributed by atoms with Crippen LogP contribution in [0.25, 0.3) is 11.0 Å². The van der Waals surface area contributed by atoms with E-state index in [0.29, 0.717) is 6.54 Å². The number of imidazole rings is 1. The Morgan fingerprint density at radius 1 is 1.21 bits per heavy atom. The minimum absolute atomic E-state index is 0.233. The Kier molecular flexibility index (Phi) is 3.11. The second-order valence-electron chi connectivity index (χ2n) is 4.47. The van der Waals surface area contributed by atoms with Crippen LogP contribution >= 0.6 is 15.9 Å². The lowest BCUT2D eigenvalue weighted by atomic mass is 10.2. The highest BCUT2D eigenvalue weighted by Gasteiger charge is 2.09. The van der Waals surface area contributed by atoms with Crippen molar-refractivity contribution in [2.24, 2.45) is 0 Å². The Morgan fingerprint density at radius 3 is 2.79 bits per heavy atom. The molecule has 4 heteroatoms. The number of aryl methyl sites for hydroxylation is 1. The molecule has 0 N–H and O–H groups in total. The van der Waals surface area contributed by atoms with Gasteiger partial charge in [-0.25, -0.2) is 9.37 Å². The third kappa shape index (κ3) is 2.28. The first-order valence-corrected chi connectivity index (χ1v) is 6.80. The summed E-state index contributed by atoms with van der Waals surface area (Å²) >= 11 is 3.41. The first-order valence-electron chi connectivity index (χ1n) is 6.01. The standard InChI is InChI=1S/C15H12BrFN2/c1-10-18-14-4-2-3-5-15(14)19(10)9-11-6-7-12(17)8-13(11)16/h2-8H,9H2,1H3. The van der Waals surface area contributed by atoms with Crippen molar-refractivity contribution in [3.05, 3.63) is 64.1 Å². The number of fused-ring (bicyclic) bond motifs is 1. The number of aromatic nitrogens is 2. The molecule has 0 unspecified atom stereocenters. The molecule has 0 saturated heterocycles. The Hall–Kier alpha value is -1.68. The average Bonchev–Trinajstić information content (AvgIpc) is 2.69. The summed E-state index contributed by atoms with van der Waals surface area (Å²) in [7, 11) is 0. The fraction of sp³-hybridized carbons (Fsp3) is 0.133. The Bertz CT molecular complexity index is 749. The summed E-state index contributed by atoms with van der Waals surface area (Å²) in [5.74, 6) is 0.722. The van der Waals surface area contributed by atoms with Gasteiger partial charge in [0.15, 0.2) is 0 Å². The zero-order valence-electron chi connectivity index (χ0n) is 10.4. The molecule has 0 aliphatic carbocycles. The van der Waals surface area contributed by atoms with Crippen molar-refractivity contribution in [3.63, 3.8) is 0 Å². The predicted molar refractivity (Wildman–Crippen MR) is 77.7 cm³/mol. The summed E-state index contributed by atoms with van der Waals surface area (Å²) in [6, 6.07) is 12.8. The van der Waals surface area contributed by atoms with Crippen LogP contribution in [-0.2, 0) is 6.54 Å². The highest BCUT2D eigenvalue weighted by atomic mass is 79.9. The molecule has 96 valence electrons. The number of halogens is 2. The minimum Gasteiger partial charge on any atom is -0.324 e. The molecule has 2 aromatic carbocycles. The van der Waals surface area contributed by atoms with Crippen molar-refractivity contribution in [3.8, 4) is 0 Å². The molecular weight excluding hydrogens is 307 g/mol. The van der Waals surface area contributed by atoms with Crippen LogP contribution in [-0.4, -0.2) is 9.55 Å². The molecule has 0 aliphatic heterocycles. The zero-order chi connectivity index (χ0) is 13.4. The predicted octanol–water partition coefficient (Wildman–Crippen LogP) is 4.29. The van der Waals surface area contributed by atoms with E-state index in [2.05, 4.69) is 25.5 Å². The average molecular weight is 319 g/mol. The van der Waals surface area contributed by atoms with E-state index < -0.39 is 0 Å². The topological polar surface area (TPSA) is 17.8 Å². The number of nitrogens with zero attached hydrogens (tertiary/aromatic N) is 2. The summed E-state index contributed by atoms with van der Waals surface area (Å²) in [6.45, 7) is 2.66. The van der Waals surface area contributed by atoms with E-state index >= 15 is 0 Å². The Labute approximate surface area is 119 Å². The lowest BCUT2D eigenvalue weighted by Gasteiger charge is -2.09. The van der Waals surface area contributed by atoms with Gasteiger partial charge in [0.25, 0.3) is 0 Å². The van der Waals surface area contributed by atoms with Gasteiger partial charge in [-0.1, -0.05) is 34.1 Å². The summed E-state index contributed by atoms with van der Waals surface area (Å²) in [4.78, 5) is 4.53. The van der Waals surface area contributed by atoms with Gasteiger partial charge in [0.05, 0.1) is 17.6 Å². The van der Waals surface area contributed by atoms with Crippen LogP contribution in [0.5, 0.6) is 0 Å². The van der Waals surface area contributed by atoms with Crippen molar-refractivity contribution >= 4 is 27.0 Å². The van der Waals surface area contributed by atoms with Crippen LogP contribution in [0.2, 0.25) is 0 Å². The first kappa shape index (κ1) is 12.4. The van der Waals surface area contributed by atoms with Crippen LogP contribution in [0, 0.1) is 12.7 Å². The van der Waals surface area contributed by atoms with Crippen LogP contribution in [0.4, 0.5) is 4.39 Å². The Morgan fingerprint density at radius 2 is 2.00 bits per heavy atom. The Balaban J connectivity index is 2.08. The van der Waals surface area contributed by atoms with Crippen LogP contribution < -0.4 is 0 Å². The van der Waals surface area contributed by atoms with Gasteiger partial charge in [-0.15, -0.1) is 0 Å². The summed E-state index contributed by atoms with van der Waals surface area (Å²) in [6.07, 6.45) is 0. The number of benzene rings is 2. The second kappa shape index (κ2) is 4.78. The van der Waals surface area contributed by atoms with Gasteiger partial charge in [-0.05, 0) is 36.8 Å². The molecule has 0 amide bonds. The summed E-state index contributed by atoms with van der Waals surface area (Å²) in [5, 5.41) is 0. The van der Waals surface area contributed by atoms with E-state index in [9.17, 15) is 4.39 Å². The summed E-state index contributed by atoms with van der Waals surface area (Å²) < 4.78 is 16.0. The lowest BCUT2D eigenvalue weighted by molar-refractivity contribution is 0.625. The normalized spacial score (nSPS) is 11.1. The zero-order valence-corrected chi connectivity index (χ0v) is 12.0. The van der Waals surface area contributed by atoms with Crippen molar-refractivity contribution in [2.75, 3.05) is 0 Å². The van der Waals surface area contributed by atoms with Gasteiger partial charge in [0.1, 0.15) is 11.6 Å². The molecule has 3 rings (SSSR count). The molecule has 19 heavy (non-hydrogen) atoms. The quantitative estimate of drug-likeness (QED) is 0.689. The van der Waals surface area contributed by atoms with Crippen molar-refractivity contribution in [1.29, 1.82) is 0 Å². The maximum Gasteiger partial charge on any atom is 0.124 e. The van der Waals surface area contributed by atoms with Gasteiger partial charge < -0.3 is 4.57 Å². The van der Waals surface area contributed by atoms with Crippen molar-refractivity contribution in [2.45, 2.75) is 13.5 Å². The number of hydrogen-bond acceptors (Lipinski definition) is 1. The second-order valence-corrected chi connectivity index (χ2v) is 5.32. The van der Waals surface area contributed by atoms with E-state index in [4.69, 9.17) is 0 Å². The van der Waals surface area contributed by atoms with Crippen molar-refractivity contribution < 1.29 is 4.39 Å². The maximum atomic E-state index is 13.1. The molecule has 0 aliphatic rings. The van der Waals surface area contributed by atoms with Gasteiger partial charge in [-0.3, -0.25) is 0 Å². The van der Waals surface area contributed by atoms with E-state index in [-0.39, 0.29) is 5.82 Å². The van der Waals surface area contributed by atoms with Crippen molar-refractivity contribution in [1.82, 2.24) is 9.55 Å². The molecule has 2 nitrogen and oxygen atoms in total. The maximum absolute atomic E-state index is 13.1. The smallest absolute Gasteiger partial charge is 0.124 e. The highest BCUT2D eigenvalue weighted by molar-refractivity contribution is 9.10. The molecule has 0 spiro atoms. The summed E-state index contributed by atoms with van der Waals surface area (Å²) in [5.41, 5.74) is 3.11. The molecule has 0 bridgehead atoms. The largest absolute Gasteiger partial charge is 0.324 e. The fourth-order valence-electron chi connectivity index (χ4n) is 2.22. The molecule has 0 fully saturated rings. The first-order chi connectivity index (χ1) is 9.15. The van der Waals surface area contributed by atoms with Gasteiger partial charge in [-0.2, -0.15) is 0 Å². The lowest BCUT2D eigenvalue weighted by Crippen LogP contribution is -2.02. The molecule has 0 atom stereocenters. The molecule has 1 aromatic heterocycles. The fourth-order valence-corrected chi connectivity index (χ4v) is 2.69. The van der Waals surface area contributed by atoms with E-state index in [1.165, 1.54) is 12.1 Å². The van der Waals surface area contributed by atoms with Gasteiger partial charge in [0, 0.05) is 4.47 Å². The SMILES string of the molecule is Cc1nc2ccccc2n1Cc1ccc(F)cc1Br. The molecule has 1 heterocycles. The van der Waals surface area contributed by atoms with E-state index in [0.717, 1.165) is 26.9 Å². The number of para-hydroxylation sites is 2. The number of rotatable bonds is 2. The van der Waals surface area contributed by atoms with Crippen LogP contribution in [0.15, 0.2) is 46.9 Å². The van der Waals surface area contributed by atoms with Crippen LogP contribution in [0.3, 0.4) is 0 Å². The van der Waals surface area contributed by atoms with Crippen LogP contribution in [0.1, 0.15) is 11.4 Å². The molecule has 0 saturated carbocycles. The number of hydrogen-bond donors (Lipinski definition) is 0. The third-order valence-corrected chi connectivity index (χ3v) is 3.93. The molecular formula is C15H12BrFN2. The molecule has 3 aromatic rings. The highest BCUT2D eigenvalue weighted by Crippen LogP contribution is 2.22. The van der Waals surface area contributed by atoms with Gasteiger partial charge in [0.2, 0.25) is 0 Å². The van der Waals surface area contributed by atoms with E-state index in [1.807, 2.05) is 31.2 Å². The van der Waals surface area contributed by atoms with E-state index in [1.54, 1.807) is 6.07 Å². The minimum atomic E-state index is -0.233. The monoisotopic (exact) mass is 318 g/mol. The molecule has 0 radical (unpaired) electrons.